The average molecular weight is 247 g/mol. The summed E-state index contributed by atoms with van der Waals surface area (Å²) < 4.78 is 1.92. The number of aromatic nitrogens is 3. The highest BCUT2D eigenvalue weighted by molar-refractivity contribution is 5.89. The molecule has 6 nitrogen and oxygen atoms in total. The second kappa shape index (κ2) is 4.64. The minimum absolute atomic E-state index is 0.00438. The Morgan fingerprint density at radius 3 is 2.83 bits per heavy atom. The maximum atomic E-state index is 11.8. The van der Waals surface area contributed by atoms with Gasteiger partial charge in [-0.3, -0.25) is 4.79 Å². The number of aryl methyl sites for hydroxylation is 1. The molecule has 1 N–H and O–H groups in total. The zero-order valence-electron chi connectivity index (χ0n) is 11.0. The van der Waals surface area contributed by atoms with Crippen LogP contribution >= 0.6 is 0 Å². The molecule has 2 heterocycles. The number of nitrogens with zero attached hydrogens (tertiary/aromatic N) is 4. The van der Waals surface area contributed by atoms with E-state index in [1.807, 2.05) is 24.6 Å². The molecule has 0 radical (unpaired) electrons. The minimum Gasteiger partial charge on any atom is -0.357 e. The summed E-state index contributed by atoms with van der Waals surface area (Å²) in [5, 5.41) is 3.10. The van der Waals surface area contributed by atoms with Gasteiger partial charge < -0.3 is 14.8 Å². The lowest BCUT2D eigenvalue weighted by molar-refractivity contribution is -0.129. The quantitative estimate of drug-likeness (QED) is 0.873. The van der Waals surface area contributed by atoms with Crippen molar-refractivity contribution in [3.8, 4) is 0 Å². The molecule has 0 fully saturated rings. The highest BCUT2D eigenvalue weighted by atomic mass is 16.2. The van der Waals surface area contributed by atoms with E-state index in [1.165, 1.54) is 0 Å². The van der Waals surface area contributed by atoms with Gasteiger partial charge in [-0.1, -0.05) is 0 Å². The van der Waals surface area contributed by atoms with E-state index in [0.717, 1.165) is 11.0 Å². The van der Waals surface area contributed by atoms with Crippen LogP contribution in [0.2, 0.25) is 0 Å². The molecular formula is C12H17N5O. The molecule has 1 unspecified atom stereocenters. The first-order chi connectivity index (χ1) is 8.50. The Kier molecular flexibility index (Phi) is 3.18. The Morgan fingerprint density at radius 2 is 2.17 bits per heavy atom. The summed E-state index contributed by atoms with van der Waals surface area (Å²) in [6, 6.07) is 1.56. The van der Waals surface area contributed by atoms with Crippen molar-refractivity contribution < 1.29 is 4.79 Å². The summed E-state index contributed by atoms with van der Waals surface area (Å²) in [5.74, 6) is 0.639. The number of likely N-dealkylation sites (N-methyl/N-ethyl adjacent to an activating group) is 1. The van der Waals surface area contributed by atoms with Gasteiger partial charge >= 0.3 is 0 Å². The van der Waals surface area contributed by atoms with Crippen LogP contribution in [-0.2, 0) is 11.8 Å². The molecule has 0 aliphatic carbocycles. The van der Waals surface area contributed by atoms with Crippen LogP contribution in [0.4, 0.5) is 5.82 Å². The van der Waals surface area contributed by atoms with Gasteiger partial charge in [0.05, 0.1) is 11.8 Å². The van der Waals surface area contributed by atoms with E-state index in [0.29, 0.717) is 5.82 Å². The lowest BCUT2D eigenvalue weighted by Gasteiger charge is -2.18. The number of carbonyl (C=O) groups excluding carboxylic acids is 1. The SMILES string of the molecule is CC(Nc1nccc2c1ncn2C)C(=O)N(C)C. The predicted octanol–water partition coefficient (Wildman–Crippen LogP) is 0.857. The molecule has 2 rings (SSSR count). The molecule has 2 aromatic rings. The van der Waals surface area contributed by atoms with E-state index < -0.39 is 0 Å². The van der Waals surface area contributed by atoms with Gasteiger partial charge in [0.2, 0.25) is 5.91 Å². The van der Waals surface area contributed by atoms with Crippen LogP contribution in [0, 0.1) is 0 Å². The van der Waals surface area contributed by atoms with Gasteiger partial charge in [-0.15, -0.1) is 0 Å². The maximum absolute atomic E-state index is 11.8. The van der Waals surface area contributed by atoms with E-state index in [-0.39, 0.29) is 11.9 Å². The fourth-order valence-corrected chi connectivity index (χ4v) is 1.82. The molecule has 0 aliphatic rings. The van der Waals surface area contributed by atoms with Crippen molar-refractivity contribution in [3.63, 3.8) is 0 Å². The molecule has 0 spiro atoms. The van der Waals surface area contributed by atoms with Crippen LogP contribution in [0.25, 0.3) is 11.0 Å². The summed E-state index contributed by atoms with van der Waals surface area (Å²) in [7, 11) is 5.39. The van der Waals surface area contributed by atoms with Crippen LogP contribution in [0.15, 0.2) is 18.6 Å². The van der Waals surface area contributed by atoms with E-state index in [2.05, 4.69) is 15.3 Å². The Morgan fingerprint density at radius 1 is 1.44 bits per heavy atom. The summed E-state index contributed by atoms with van der Waals surface area (Å²) in [6.45, 7) is 1.81. The fraction of sp³-hybridized carbons (Fsp3) is 0.417. The molecule has 1 amide bonds. The van der Waals surface area contributed by atoms with Gasteiger partial charge in [0.1, 0.15) is 11.6 Å². The van der Waals surface area contributed by atoms with Gasteiger partial charge in [-0.25, -0.2) is 9.97 Å². The summed E-state index contributed by atoms with van der Waals surface area (Å²) in [5.41, 5.74) is 1.76. The normalized spacial score (nSPS) is 12.4. The maximum Gasteiger partial charge on any atom is 0.244 e. The van der Waals surface area contributed by atoms with Crippen LogP contribution in [-0.4, -0.2) is 45.5 Å². The van der Waals surface area contributed by atoms with E-state index in [4.69, 9.17) is 0 Å². The molecule has 18 heavy (non-hydrogen) atoms. The molecular weight excluding hydrogens is 230 g/mol. The van der Waals surface area contributed by atoms with Crippen molar-refractivity contribution in [2.75, 3.05) is 19.4 Å². The van der Waals surface area contributed by atoms with Gasteiger partial charge in [-0.2, -0.15) is 0 Å². The number of nitrogens with one attached hydrogen (secondary N) is 1. The number of hydrogen-bond acceptors (Lipinski definition) is 4. The Hall–Kier alpha value is -2.11. The second-order valence-corrected chi connectivity index (χ2v) is 4.48. The molecule has 0 aliphatic heterocycles. The third kappa shape index (κ3) is 2.13. The largest absolute Gasteiger partial charge is 0.357 e. The summed E-state index contributed by atoms with van der Waals surface area (Å²) in [4.78, 5) is 21.9. The average Bonchev–Trinajstić information content (AvgIpc) is 2.71. The van der Waals surface area contributed by atoms with Crippen molar-refractivity contribution in [2.45, 2.75) is 13.0 Å². The molecule has 1 atom stereocenters. The highest BCUT2D eigenvalue weighted by Gasteiger charge is 2.16. The first kappa shape index (κ1) is 12.3. The Balaban J connectivity index is 2.29. The van der Waals surface area contributed by atoms with Crippen molar-refractivity contribution in [1.29, 1.82) is 0 Å². The van der Waals surface area contributed by atoms with Crippen LogP contribution in [0.1, 0.15) is 6.92 Å². The van der Waals surface area contributed by atoms with Crippen molar-refractivity contribution in [1.82, 2.24) is 19.4 Å². The van der Waals surface area contributed by atoms with Crippen molar-refractivity contribution >= 4 is 22.8 Å². The number of pyridine rings is 1. The first-order valence-electron chi connectivity index (χ1n) is 5.74. The third-order valence-corrected chi connectivity index (χ3v) is 2.81. The second-order valence-electron chi connectivity index (χ2n) is 4.48. The van der Waals surface area contributed by atoms with Crippen molar-refractivity contribution in [3.05, 3.63) is 18.6 Å². The van der Waals surface area contributed by atoms with Crippen LogP contribution < -0.4 is 5.32 Å². The summed E-state index contributed by atoms with van der Waals surface area (Å²) in [6.07, 6.45) is 3.44. The molecule has 96 valence electrons. The molecule has 0 saturated carbocycles. The van der Waals surface area contributed by atoms with Crippen molar-refractivity contribution in [2.24, 2.45) is 7.05 Å². The fourth-order valence-electron chi connectivity index (χ4n) is 1.82. The first-order valence-corrected chi connectivity index (χ1v) is 5.74. The number of carbonyl (C=O) groups is 1. The van der Waals surface area contributed by atoms with Gasteiger partial charge in [0.25, 0.3) is 0 Å². The van der Waals surface area contributed by atoms with E-state index >= 15 is 0 Å². The van der Waals surface area contributed by atoms with Gasteiger partial charge in [0.15, 0.2) is 5.82 Å². The van der Waals surface area contributed by atoms with Crippen LogP contribution in [0.3, 0.4) is 0 Å². The number of imidazole rings is 1. The molecule has 0 saturated heterocycles. The zero-order valence-corrected chi connectivity index (χ0v) is 11.0. The topological polar surface area (TPSA) is 63.1 Å². The molecule has 2 aromatic heterocycles. The van der Waals surface area contributed by atoms with E-state index in [9.17, 15) is 4.79 Å². The predicted molar refractivity (Wildman–Crippen MR) is 70.3 cm³/mol. The third-order valence-electron chi connectivity index (χ3n) is 2.81. The smallest absolute Gasteiger partial charge is 0.244 e. The summed E-state index contributed by atoms with van der Waals surface area (Å²) >= 11 is 0. The highest BCUT2D eigenvalue weighted by Crippen LogP contribution is 2.19. The lowest BCUT2D eigenvalue weighted by Crippen LogP contribution is -2.36. The number of fused-ring (bicyclic) bond motifs is 1. The standard InChI is InChI=1S/C12H17N5O/c1-8(12(18)16(2)3)15-11-10-9(5-6-13-11)17(4)7-14-10/h5-8H,1-4H3,(H,13,15). The number of hydrogen-bond donors (Lipinski definition) is 1. The number of rotatable bonds is 3. The van der Waals surface area contributed by atoms with Gasteiger partial charge in [-0.05, 0) is 13.0 Å². The zero-order chi connectivity index (χ0) is 13.3. The number of anilines is 1. The molecule has 0 aromatic carbocycles. The molecule has 6 heteroatoms. The van der Waals surface area contributed by atoms with Crippen LogP contribution in [0.5, 0.6) is 0 Å². The lowest BCUT2D eigenvalue weighted by atomic mass is 10.3. The number of amides is 1. The molecule has 0 bridgehead atoms. The Labute approximate surface area is 106 Å². The van der Waals surface area contributed by atoms with Gasteiger partial charge in [0, 0.05) is 27.3 Å². The van der Waals surface area contributed by atoms with E-state index in [1.54, 1.807) is 31.5 Å². The monoisotopic (exact) mass is 247 g/mol. The minimum atomic E-state index is -0.333. The Bertz CT molecular complexity index is 575.